The summed E-state index contributed by atoms with van der Waals surface area (Å²) in [6.45, 7) is 7.93. The van der Waals surface area contributed by atoms with Gasteiger partial charge in [0.15, 0.2) is 5.65 Å². The lowest BCUT2D eigenvalue weighted by Gasteiger charge is -2.17. The molecule has 3 aromatic heterocycles. The molecular weight excluding hydrogens is 288 g/mol. The maximum Gasteiger partial charge on any atom is 0.159 e. The zero-order valence-corrected chi connectivity index (χ0v) is 13.6. The fourth-order valence-electron chi connectivity index (χ4n) is 2.78. The molecule has 0 bridgehead atoms. The van der Waals surface area contributed by atoms with Crippen LogP contribution in [0.15, 0.2) is 16.5 Å². The molecule has 0 spiro atoms. The van der Waals surface area contributed by atoms with Crippen LogP contribution in [0.2, 0.25) is 0 Å². The summed E-state index contributed by atoms with van der Waals surface area (Å²) < 4.78 is 9.75. The van der Waals surface area contributed by atoms with Gasteiger partial charge in [-0.05, 0) is 39.8 Å². The molecular formula is C15H19ClN4O. The Hall–Kier alpha value is -1.75. The minimum Gasteiger partial charge on any atom is -0.464 e. The number of aromatic nitrogens is 4. The molecule has 112 valence electrons. The number of nitrogens with zero attached hydrogens (tertiary/aromatic N) is 4. The van der Waals surface area contributed by atoms with Crippen LogP contribution in [0.25, 0.3) is 11.2 Å². The van der Waals surface area contributed by atoms with E-state index < -0.39 is 0 Å². The highest BCUT2D eigenvalue weighted by atomic mass is 35.5. The lowest BCUT2D eigenvalue weighted by Crippen LogP contribution is -2.13. The highest BCUT2D eigenvalue weighted by Crippen LogP contribution is 2.32. The van der Waals surface area contributed by atoms with Gasteiger partial charge in [-0.25, -0.2) is 4.98 Å². The van der Waals surface area contributed by atoms with Gasteiger partial charge in [-0.2, -0.15) is 5.10 Å². The molecule has 3 aromatic rings. The highest BCUT2D eigenvalue weighted by molar-refractivity contribution is 6.20. The molecule has 0 radical (unpaired) electrons. The first-order valence-corrected chi connectivity index (χ1v) is 7.45. The Balaban J connectivity index is 2.26. The van der Waals surface area contributed by atoms with Crippen LogP contribution >= 0.6 is 11.6 Å². The van der Waals surface area contributed by atoms with Gasteiger partial charge < -0.3 is 8.98 Å². The quantitative estimate of drug-likeness (QED) is 0.690. The van der Waals surface area contributed by atoms with E-state index in [-0.39, 0.29) is 11.4 Å². The fourth-order valence-corrected chi connectivity index (χ4v) is 2.93. The Kier molecular flexibility index (Phi) is 3.32. The van der Waals surface area contributed by atoms with Gasteiger partial charge in [-0.3, -0.25) is 4.68 Å². The molecule has 3 heterocycles. The molecule has 0 aromatic carbocycles. The molecule has 0 aliphatic heterocycles. The Morgan fingerprint density at radius 2 is 1.95 bits per heavy atom. The van der Waals surface area contributed by atoms with Gasteiger partial charge in [0, 0.05) is 7.05 Å². The first-order chi connectivity index (χ1) is 9.90. The molecule has 5 nitrogen and oxygen atoms in total. The minimum absolute atomic E-state index is 0.00898. The van der Waals surface area contributed by atoms with Gasteiger partial charge >= 0.3 is 0 Å². The lowest BCUT2D eigenvalue weighted by molar-refractivity contribution is 0.425. The van der Waals surface area contributed by atoms with Gasteiger partial charge in [0.2, 0.25) is 0 Å². The van der Waals surface area contributed by atoms with Crippen molar-refractivity contribution in [2.45, 2.75) is 39.1 Å². The van der Waals surface area contributed by atoms with Crippen molar-refractivity contribution in [3.63, 3.8) is 0 Å². The number of imidazole rings is 1. The molecule has 0 saturated heterocycles. The number of hydrogen-bond acceptors (Lipinski definition) is 3. The van der Waals surface area contributed by atoms with E-state index in [4.69, 9.17) is 21.0 Å². The van der Waals surface area contributed by atoms with Crippen molar-refractivity contribution in [3.8, 4) is 0 Å². The van der Waals surface area contributed by atoms with E-state index in [1.807, 2.05) is 44.6 Å². The summed E-state index contributed by atoms with van der Waals surface area (Å²) in [5.74, 6) is 2.63. The molecule has 0 saturated carbocycles. The fraction of sp³-hybridized carbons (Fsp3) is 0.467. The average molecular weight is 307 g/mol. The van der Waals surface area contributed by atoms with Gasteiger partial charge in [-0.1, -0.05) is 0 Å². The van der Waals surface area contributed by atoms with Gasteiger partial charge in [-0.15, -0.1) is 11.6 Å². The van der Waals surface area contributed by atoms with E-state index in [1.165, 1.54) is 0 Å². The van der Waals surface area contributed by atoms with Gasteiger partial charge in [0.05, 0.1) is 17.1 Å². The van der Waals surface area contributed by atoms with Crippen molar-refractivity contribution >= 4 is 22.8 Å². The summed E-state index contributed by atoms with van der Waals surface area (Å²) in [7, 11) is 1.93. The van der Waals surface area contributed by atoms with Crippen LogP contribution in [0.5, 0.6) is 0 Å². The minimum atomic E-state index is -0.185. The smallest absolute Gasteiger partial charge is 0.159 e. The topological polar surface area (TPSA) is 48.8 Å². The Morgan fingerprint density at radius 1 is 1.24 bits per heavy atom. The van der Waals surface area contributed by atoms with E-state index in [0.717, 1.165) is 34.2 Å². The molecule has 0 amide bonds. The van der Waals surface area contributed by atoms with Crippen molar-refractivity contribution in [2.75, 3.05) is 0 Å². The van der Waals surface area contributed by atoms with Gasteiger partial charge in [0.1, 0.15) is 22.9 Å². The molecule has 0 aliphatic rings. The van der Waals surface area contributed by atoms with Crippen LogP contribution in [0.1, 0.15) is 48.3 Å². The molecule has 0 aliphatic carbocycles. The molecule has 2 atom stereocenters. The van der Waals surface area contributed by atoms with E-state index in [1.54, 1.807) is 0 Å². The standard InChI is InChI=1S/C15H19ClN4O/c1-8-6-7-12(21-8)11(4)20-14(9(2)16)17-13-10(3)18-19(5)15(13)20/h6-7,9,11H,1-5H3. The third-order valence-corrected chi connectivity index (χ3v) is 3.97. The molecule has 6 heteroatoms. The third-order valence-electron chi connectivity index (χ3n) is 3.78. The van der Waals surface area contributed by atoms with Crippen molar-refractivity contribution < 1.29 is 4.42 Å². The van der Waals surface area contributed by atoms with Crippen LogP contribution in [-0.2, 0) is 7.05 Å². The largest absolute Gasteiger partial charge is 0.464 e. The number of furan rings is 1. The van der Waals surface area contributed by atoms with E-state index in [9.17, 15) is 0 Å². The van der Waals surface area contributed by atoms with Crippen molar-refractivity contribution in [3.05, 3.63) is 35.2 Å². The lowest BCUT2D eigenvalue weighted by atomic mass is 10.2. The van der Waals surface area contributed by atoms with Crippen LogP contribution in [-0.4, -0.2) is 19.3 Å². The SMILES string of the molecule is Cc1ccc(C(C)n2c(C(C)Cl)nc3c(C)nn(C)c32)o1. The molecule has 3 rings (SSSR count). The third kappa shape index (κ3) is 2.16. The molecule has 2 unspecified atom stereocenters. The summed E-state index contributed by atoms with van der Waals surface area (Å²) in [6.07, 6.45) is 0. The highest BCUT2D eigenvalue weighted by Gasteiger charge is 2.25. The van der Waals surface area contributed by atoms with Crippen LogP contribution in [0.4, 0.5) is 0 Å². The second-order valence-corrected chi connectivity index (χ2v) is 6.12. The Bertz CT molecular complexity index is 796. The average Bonchev–Trinajstić information content (AvgIpc) is 3.06. The predicted octanol–water partition coefficient (Wildman–Crippen LogP) is 3.89. The van der Waals surface area contributed by atoms with Crippen LogP contribution in [0, 0.1) is 13.8 Å². The Morgan fingerprint density at radius 3 is 2.52 bits per heavy atom. The van der Waals surface area contributed by atoms with E-state index in [0.29, 0.717) is 0 Å². The summed E-state index contributed by atoms with van der Waals surface area (Å²) in [5, 5.41) is 4.27. The second-order valence-electron chi connectivity index (χ2n) is 5.46. The zero-order valence-electron chi connectivity index (χ0n) is 12.9. The Labute approximate surface area is 128 Å². The van der Waals surface area contributed by atoms with Crippen molar-refractivity contribution in [2.24, 2.45) is 7.05 Å². The van der Waals surface area contributed by atoms with Crippen LogP contribution in [0.3, 0.4) is 0 Å². The van der Waals surface area contributed by atoms with E-state index >= 15 is 0 Å². The first-order valence-electron chi connectivity index (χ1n) is 7.02. The number of aryl methyl sites for hydroxylation is 3. The predicted molar refractivity (Wildman–Crippen MR) is 82.8 cm³/mol. The normalized spacial score (nSPS) is 14.8. The number of hydrogen-bond donors (Lipinski definition) is 0. The monoisotopic (exact) mass is 306 g/mol. The van der Waals surface area contributed by atoms with Crippen LogP contribution < -0.4 is 0 Å². The zero-order chi connectivity index (χ0) is 15.3. The maximum atomic E-state index is 6.33. The number of alkyl halides is 1. The van der Waals surface area contributed by atoms with Crippen molar-refractivity contribution in [1.29, 1.82) is 0 Å². The molecule has 21 heavy (non-hydrogen) atoms. The summed E-state index contributed by atoms with van der Waals surface area (Å²) in [6, 6.07) is 3.98. The molecule has 0 fully saturated rings. The summed E-state index contributed by atoms with van der Waals surface area (Å²) in [4.78, 5) is 4.69. The maximum absolute atomic E-state index is 6.33. The number of rotatable bonds is 3. The van der Waals surface area contributed by atoms with Gasteiger partial charge in [0.25, 0.3) is 0 Å². The van der Waals surface area contributed by atoms with Crippen molar-refractivity contribution in [1.82, 2.24) is 19.3 Å². The number of fused-ring (bicyclic) bond motifs is 1. The number of halogens is 1. The summed E-state index contributed by atoms with van der Waals surface area (Å²) in [5.41, 5.74) is 2.78. The summed E-state index contributed by atoms with van der Waals surface area (Å²) >= 11 is 6.33. The first kappa shape index (κ1) is 14.2. The van der Waals surface area contributed by atoms with E-state index in [2.05, 4.69) is 16.6 Å². The molecule has 0 N–H and O–H groups in total. The second kappa shape index (κ2) is 4.91.